The van der Waals surface area contributed by atoms with Crippen molar-refractivity contribution in [2.75, 3.05) is 30.1 Å². The van der Waals surface area contributed by atoms with E-state index >= 15 is 0 Å². The van der Waals surface area contributed by atoms with Crippen molar-refractivity contribution in [3.05, 3.63) is 23.8 Å². The molecule has 2 N–H and O–H groups in total. The van der Waals surface area contributed by atoms with Gasteiger partial charge in [-0.1, -0.05) is 6.07 Å². The standard InChI is InChI=1S/C18H21N5O4S/c1-11(24)20-17-21-18(28-22-17)23-6-4-13(5-7-23)16(25)19-9-12-2-3-14-15(8-12)27-10-26-14/h2-3,8,13H,4-7,9-10H2,1H3,(H,19,25)(H,20,22,24). The number of benzene rings is 1. The lowest BCUT2D eigenvalue weighted by molar-refractivity contribution is -0.125. The van der Waals surface area contributed by atoms with Gasteiger partial charge in [-0.3, -0.25) is 14.9 Å². The molecular formula is C18H21N5O4S. The van der Waals surface area contributed by atoms with Gasteiger partial charge in [-0.25, -0.2) is 0 Å². The number of anilines is 2. The highest BCUT2D eigenvalue weighted by molar-refractivity contribution is 7.09. The summed E-state index contributed by atoms with van der Waals surface area (Å²) in [4.78, 5) is 30.0. The van der Waals surface area contributed by atoms with E-state index in [2.05, 4.69) is 24.9 Å². The molecule has 0 bridgehead atoms. The number of carbonyl (C=O) groups is 2. The highest BCUT2D eigenvalue weighted by Crippen LogP contribution is 2.32. The third-order valence-electron chi connectivity index (χ3n) is 4.74. The van der Waals surface area contributed by atoms with Gasteiger partial charge in [0.1, 0.15) is 0 Å². The van der Waals surface area contributed by atoms with Gasteiger partial charge in [0.2, 0.25) is 29.7 Å². The van der Waals surface area contributed by atoms with Gasteiger partial charge in [0.25, 0.3) is 0 Å². The smallest absolute Gasteiger partial charge is 0.243 e. The number of aromatic nitrogens is 2. The zero-order chi connectivity index (χ0) is 19.5. The first kappa shape index (κ1) is 18.5. The number of piperidine rings is 1. The molecular weight excluding hydrogens is 382 g/mol. The number of amides is 2. The molecule has 0 unspecified atom stereocenters. The molecule has 10 heteroatoms. The third kappa shape index (κ3) is 4.16. The number of hydrogen-bond acceptors (Lipinski definition) is 8. The maximum atomic E-state index is 12.5. The molecule has 2 aliphatic rings. The summed E-state index contributed by atoms with van der Waals surface area (Å²) in [5.41, 5.74) is 0.981. The Balaban J connectivity index is 1.26. The van der Waals surface area contributed by atoms with Crippen molar-refractivity contribution in [2.45, 2.75) is 26.3 Å². The number of carbonyl (C=O) groups excluding carboxylic acids is 2. The first-order chi connectivity index (χ1) is 13.6. The first-order valence-corrected chi connectivity index (χ1v) is 9.88. The lowest BCUT2D eigenvalue weighted by atomic mass is 9.96. The van der Waals surface area contributed by atoms with Gasteiger partial charge in [0.05, 0.1) is 0 Å². The van der Waals surface area contributed by atoms with Gasteiger partial charge < -0.3 is 19.7 Å². The average molecular weight is 403 g/mol. The van der Waals surface area contributed by atoms with Crippen LogP contribution in [0.3, 0.4) is 0 Å². The van der Waals surface area contributed by atoms with Crippen LogP contribution in [0.15, 0.2) is 18.2 Å². The largest absolute Gasteiger partial charge is 0.454 e. The second-order valence-electron chi connectivity index (χ2n) is 6.75. The van der Waals surface area contributed by atoms with E-state index in [4.69, 9.17) is 9.47 Å². The summed E-state index contributed by atoms with van der Waals surface area (Å²) in [6, 6.07) is 5.69. The minimum atomic E-state index is -0.192. The average Bonchev–Trinajstić information content (AvgIpc) is 3.34. The lowest BCUT2D eigenvalue weighted by Crippen LogP contribution is -2.40. The molecule has 0 aliphatic carbocycles. The zero-order valence-electron chi connectivity index (χ0n) is 15.4. The van der Waals surface area contributed by atoms with Crippen LogP contribution >= 0.6 is 11.5 Å². The predicted octanol–water partition coefficient (Wildman–Crippen LogP) is 1.76. The SMILES string of the molecule is CC(=O)Nc1nsc(N2CCC(C(=O)NCc3ccc4c(c3)OCO4)CC2)n1. The van der Waals surface area contributed by atoms with Gasteiger partial charge in [-0.15, -0.1) is 0 Å². The third-order valence-corrected chi connectivity index (χ3v) is 5.52. The maximum Gasteiger partial charge on any atom is 0.243 e. The van der Waals surface area contributed by atoms with Crippen molar-refractivity contribution in [3.8, 4) is 11.5 Å². The minimum Gasteiger partial charge on any atom is -0.454 e. The van der Waals surface area contributed by atoms with Crippen molar-refractivity contribution >= 4 is 34.4 Å². The van der Waals surface area contributed by atoms with Crippen molar-refractivity contribution in [1.82, 2.24) is 14.7 Å². The number of nitrogens with one attached hydrogen (secondary N) is 2. The summed E-state index contributed by atoms with van der Waals surface area (Å²) in [6.07, 6.45) is 1.50. The summed E-state index contributed by atoms with van der Waals surface area (Å²) in [5, 5.41) is 6.36. The molecule has 1 aromatic heterocycles. The molecule has 0 radical (unpaired) electrons. The molecule has 28 heavy (non-hydrogen) atoms. The molecule has 2 aromatic rings. The Morgan fingerprint density at radius 1 is 1.25 bits per heavy atom. The van der Waals surface area contributed by atoms with E-state index < -0.39 is 0 Å². The van der Waals surface area contributed by atoms with Crippen LogP contribution in [0.1, 0.15) is 25.3 Å². The molecule has 1 fully saturated rings. The van der Waals surface area contributed by atoms with E-state index in [1.807, 2.05) is 18.2 Å². The fourth-order valence-corrected chi connectivity index (χ4v) is 3.95. The molecule has 2 aliphatic heterocycles. The van der Waals surface area contributed by atoms with Crippen molar-refractivity contribution in [2.24, 2.45) is 5.92 Å². The monoisotopic (exact) mass is 403 g/mol. The molecule has 0 atom stereocenters. The number of nitrogens with zero attached hydrogens (tertiary/aromatic N) is 3. The Morgan fingerprint density at radius 2 is 2.04 bits per heavy atom. The summed E-state index contributed by atoms with van der Waals surface area (Å²) in [7, 11) is 0. The summed E-state index contributed by atoms with van der Waals surface area (Å²) in [5.74, 6) is 1.64. The maximum absolute atomic E-state index is 12.5. The molecule has 1 aromatic carbocycles. The van der Waals surface area contributed by atoms with E-state index in [0.717, 1.165) is 48.1 Å². The Morgan fingerprint density at radius 3 is 2.82 bits per heavy atom. The first-order valence-electron chi connectivity index (χ1n) is 9.11. The van der Waals surface area contributed by atoms with Crippen LogP contribution in [0.5, 0.6) is 11.5 Å². The molecule has 2 amide bonds. The van der Waals surface area contributed by atoms with Crippen LogP contribution < -0.4 is 25.0 Å². The second kappa shape index (κ2) is 8.01. The zero-order valence-corrected chi connectivity index (χ0v) is 16.3. The predicted molar refractivity (Wildman–Crippen MR) is 104 cm³/mol. The number of hydrogen-bond donors (Lipinski definition) is 2. The second-order valence-corrected chi connectivity index (χ2v) is 7.48. The summed E-state index contributed by atoms with van der Waals surface area (Å²) >= 11 is 1.25. The quantitative estimate of drug-likeness (QED) is 0.784. The van der Waals surface area contributed by atoms with Gasteiger partial charge in [-0.2, -0.15) is 9.36 Å². The Labute approximate surface area is 166 Å². The molecule has 4 rings (SSSR count). The Hall–Kier alpha value is -2.88. The Bertz CT molecular complexity index is 879. The topological polar surface area (TPSA) is 106 Å². The molecule has 1 saturated heterocycles. The highest BCUT2D eigenvalue weighted by Gasteiger charge is 2.26. The Kier molecular flexibility index (Phi) is 5.29. The van der Waals surface area contributed by atoms with Crippen molar-refractivity contribution in [3.63, 3.8) is 0 Å². The number of rotatable bonds is 5. The van der Waals surface area contributed by atoms with Crippen LogP contribution in [0.25, 0.3) is 0 Å². The molecule has 148 valence electrons. The van der Waals surface area contributed by atoms with E-state index in [1.165, 1.54) is 18.5 Å². The minimum absolute atomic E-state index is 0.0204. The van der Waals surface area contributed by atoms with Crippen LogP contribution in [0, 0.1) is 5.92 Å². The van der Waals surface area contributed by atoms with Crippen molar-refractivity contribution < 1.29 is 19.1 Å². The van der Waals surface area contributed by atoms with E-state index in [-0.39, 0.29) is 24.5 Å². The van der Waals surface area contributed by atoms with Gasteiger partial charge in [0, 0.05) is 44.0 Å². The number of ether oxygens (including phenoxy) is 2. The van der Waals surface area contributed by atoms with Gasteiger partial charge >= 0.3 is 0 Å². The van der Waals surface area contributed by atoms with Gasteiger partial charge in [-0.05, 0) is 30.5 Å². The summed E-state index contributed by atoms with van der Waals surface area (Å²) in [6.45, 7) is 3.60. The van der Waals surface area contributed by atoms with Gasteiger partial charge in [0.15, 0.2) is 11.5 Å². The fourth-order valence-electron chi connectivity index (χ4n) is 3.27. The van der Waals surface area contributed by atoms with Crippen LogP contribution in [-0.2, 0) is 16.1 Å². The highest BCUT2D eigenvalue weighted by atomic mass is 32.1. The van der Waals surface area contributed by atoms with E-state index in [9.17, 15) is 9.59 Å². The van der Waals surface area contributed by atoms with E-state index in [0.29, 0.717) is 12.5 Å². The summed E-state index contributed by atoms with van der Waals surface area (Å²) < 4.78 is 14.8. The normalized spacial score (nSPS) is 16.1. The van der Waals surface area contributed by atoms with Crippen LogP contribution in [-0.4, -0.2) is 41.1 Å². The fraction of sp³-hybridized carbons (Fsp3) is 0.444. The molecule has 3 heterocycles. The number of fused-ring (bicyclic) bond motifs is 1. The molecule has 0 saturated carbocycles. The van der Waals surface area contributed by atoms with Crippen LogP contribution in [0.2, 0.25) is 0 Å². The lowest BCUT2D eigenvalue weighted by Gasteiger charge is -2.30. The van der Waals surface area contributed by atoms with Crippen molar-refractivity contribution in [1.29, 1.82) is 0 Å². The molecule has 9 nitrogen and oxygen atoms in total. The van der Waals surface area contributed by atoms with Crippen LogP contribution in [0.4, 0.5) is 11.1 Å². The molecule has 0 spiro atoms. The van der Waals surface area contributed by atoms with E-state index in [1.54, 1.807) is 0 Å².